The lowest BCUT2D eigenvalue weighted by Gasteiger charge is -2.20. The molecule has 1 aromatic heterocycles. The topological polar surface area (TPSA) is 29.1 Å². The van der Waals surface area contributed by atoms with Crippen LogP contribution in [0.4, 0.5) is 0 Å². The molecule has 0 atom stereocenters. The summed E-state index contributed by atoms with van der Waals surface area (Å²) in [5, 5.41) is 3.00. The van der Waals surface area contributed by atoms with Crippen LogP contribution in [0.1, 0.15) is 24.1 Å². The van der Waals surface area contributed by atoms with E-state index in [1.165, 1.54) is 29.2 Å². The monoisotopic (exact) mass is 333 g/mol. The number of nitrogens with one attached hydrogen (secondary N) is 1. The van der Waals surface area contributed by atoms with E-state index in [4.69, 9.17) is 0 Å². The summed E-state index contributed by atoms with van der Waals surface area (Å²) in [5.74, 6) is 3.24. The molecule has 1 saturated heterocycles. The molecule has 0 saturated carbocycles. The third-order valence-electron chi connectivity index (χ3n) is 2.90. The van der Waals surface area contributed by atoms with Crippen LogP contribution in [-0.2, 0) is 11.3 Å². The van der Waals surface area contributed by atoms with Crippen molar-refractivity contribution in [2.75, 3.05) is 11.5 Å². The van der Waals surface area contributed by atoms with Crippen molar-refractivity contribution in [3.05, 3.63) is 20.8 Å². The van der Waals surface area contributed by atoms with Gasteiger partial charge in [-0.25, -0.2) is 0 Å². The molecule has 2 heterocycles. The van der Waals surface area contributed by atoms with Crippen LogP contribution in [0.5, 0.6) is 0 Å². The first kappa shape index (κ1) is 13.4. The van der Waals surface area contributed by atoms with Crippen LogP contribution in [0.15, 0.2) is 15.9 Å². The Morgan fingerprint density at radius 2 is 2.18 bits per heavy atom. The Morgan fingerprint density at radius 3 is 2.82 bits per heavy atom. The van der Waals surface area contributed by atoms with Crippen molar-refractivity contribution in [2.24, 2.45) is 5.92 Å². The molecule has 0 spiro atoms. The van der Waals surface area contributed by atoms with Crippen molar-refractivity contribution in [1.82, 2.24) is 5.32 Å². The van der Waals surface area contributed by atoms with E-state index in [0.717, 1.165) is 3.79 Å². The highest BCUT2D eigenvalue weighted by Crippen LogP contribution is 2.25. The van der Waals surface area contributed by atoms with Crippen LogP contribution in [0.25, 0.3) is 0 Å². The lowest BCUT2D eigenvalue weighted by molar-refractivity contribution is -0.122. The van der Waals surface area contributed by atoms with E-state index in [1.54, 1.807) is 11.3 Å². The Bertz CT molecular complexity index is 374. The molecule has 0 bridgehead atoms. The second-order valence-electron chi connectivity index (χ2n) is 4.24. The summed E-state index contributed by atoms with van der Waals surface area (Å²) >= 11 is 7.10. The minimum Gasteiger partial charge on any atom is -0.351 e. The summed E-state index contributed by atoms with van der Waals surface area (Å²) in [4.78, 5) is 13.0. The van der Waals surface area contributed by atoms with Crippen LogP contribution in [0, 0.1) is 5.92 Å². The highest BCUT2D eigenvalue weighted by molar-refractivity contribution is 9.11. The van der Waals surface area contributed by atoms with Gasteiger partial charge >= 0.3 is 0 Å². The van der Waals surface area contributed by atoms with E-state index < -0.39 is 0 Å². The molecule has 0 aromatic carbocycles. The average molecular weight is 334 g/mol. The third kappa shape index (κ3) is 4.64. The van der Waals surface area contributed by atoms with Crippen molar-refractivity contribution >= 4 is 44.9 Å². The summed E-state index contributed by atoms with van der Waals surface area (Å²) in [6, 6.07) is 4.07. The Balaban J connectivity index is 1.70. The molecule has 94 valence electrons. The zero-order chi connectivity index (χ0) is 12.1. The number of halogens is 1. The molecule has 1 amide bonds. The normalized spacial score (nSPS) is 17.0. The standard InChI is InChI=1S/C12H16BrNOS2/c13-11-2-1-10(17-11)8-14-12(15)7-9-3-5-16-6-4-9/h1-2,9H,3-8H2,(H,14,15). The predicted octanol–water partition coefficient (Wildman–Crippen LogP) is 3.66. The molecule has 17 heavy (non-hydrogen) atoms. The Morgan fingerprint density at radius 1 is 1.41 bits per heavy atom. The lowest BCUT2D eigenvalue weighted by Crippen LogP contribution is -2.26. The summed E-state index contributed by atoms with van der Waals surface area (Å²) in [5.41, 5.74) is 0. The predicted molar refractivity (Wildman–Crippen MR) is 78.5 cm³/mol. The van der Waals surface area contributed by atoms with Crippen molar-refractivity contribution in [3.8, 4) is 0 Å². The molecule has 1 aliphatic heterocycles. The van der Waals surface area contributed by atoms with Gasteiger partial charge < -0.3 is 5.32 Å². The number of thioether (sulfide) groups is 1. The van der Waals surface area contributed by atoms with Gasteiger partial charge in [-0.2, -0.15) is 11.8 Å². The maximum absolute atomic E-state index is 11.8. The average Bonchev–Trinajstić information content (AvgIpc) is 2.74. The van der Waals surface area contributed by atoms with Crippen LogP contribution in [-0.4, -0.2) is 17.4 Å². The Labute approximate surface area is 119 Å². The minimum absolute atomic E-state index is 0.200. The number of hydrogen-bond acceptors (Lipinski definition) is 3. The summed E-state index contributed by atoms with van der Waals surface area (Å²) in [6.45, 7) is 0.663. The molecule has 1 aromatic rings. The fraction of sp³-hybridized carbons (Fsp3) is 0.583. The summed E-state index contributed by atoms with van der Waals surface area (Å²) in [7, 11) is 0. The molecule has 0 aliphatic carbocycles. The Hall–Kier alpha value is -0.0000000000000000833. The zero-order valence-electron chi connectivity index (χ0n) is 9.58. The summed E-state index contributed by atoms with van der Waals surface area (Å²) in [6.07, 6.45) is 3.10. The van der Waals surface area contributed by atoms with Gasteiger partial charge in [-0.3, -0.25) is 4.79 Å². The first-order valence-electron chi connectivity index (χ1n) is 5.82. The molecule has 2 nitrogen and oxygen atoms in total. The van der Waals surface area contributed by atoms with Crippen LogP contribution < -0.4 is 5.32 Å². The van der Waals surface area contributed by atoms with Gasteiger partial charge in [0.1, 0.15) is 0 Å². The van der Waals surface area contributed by atoms with Gasteiger partial charge in [-0.05, 0) is 58.3 Å². The minimum atomic E-state index is 0.200. The van der Waals surface area contributed by atoms with Gasteiger partial charge in [-0.1, -0.05) is 0 Å². The SMILES string of the molecule is O=C(CC1CCSCC1)NCc1ccc(Br)s1. The van der Waals surface area contributed by atoms with Crippen LogP contribution in [0.3, 0.4) is 0 Å². The van der Waals surface area contributed by atoms with Crippen LogP contribution in [0.2, 0.25) is 0 Å². The number of amides is 1. The molecule has 1 N–H and O–H groups in total. The maximum atomic E-state index is 11.8. The van der Waals surface area contributed by atoms with E-state index in [0.29, 0.717) is 18.9 Å². The molecule has 0 unspecified atom stereocenters. The van der Waals surface area contributed by atoms with Crippen molar-refractivity contribution in [3.63, 3.8) is 0 Å². The largest absolute Gasteiger partial charge is 0.351 e. The molecular formula is C12H16BrNOS2. The molecule has 1 aliphatic rings. The van der Waals surface area contributed by atoms with Gasteiger partial charge in [-0.15, -0.1) is 11.3 Å². The number of thiophene rings is 1. The molecule has 1 fully saturated rings. The van der Waals surface area contributed by atoms with Gasteiger partial charge in [0.2, 0.25) is 5.91 Å². The zero-order valence-corrected chi connectivity index (χ0v) is 12.8. The smallest absolute Gasteiger partial charge is 0.220 e. The molecular weight excluding hydrogens is 318 g/mol. The number of carbonyl (C=O) groups excluding carboxylic acids is 1. The highest BCUT2D eigenvalue weighted by Gasteiger charge is 2.17. The maximum Gasteiger partial charge on any atom is 0.220 e. The molecule has 2 rings (SSSR count). The van der Waals surface area contributed by atoms with E-state index in [9.17, 15) is 4.79 Å². The fourth-order valence-corrected chi connectivity index (χ4v) is 4.54. The van der Waals surface area contributed by atoms with Gasteiger partial charge in [0.05, 0.1) is 10.3 Å². The van der Waals surface area contributed by atoms with Crippen molar-refractivity contribution in [1.29, 1.82) is 0 Å². The second-order valence-corrected chi connectivity index (χ2v) is 8.01. The molecule has 0 radical (unpaired) electrons. The first-order chi connectivity index (χ1) is 8.24. The molecule has 5 heteroatoms. The second kappa shape index (κ2) is 6.81. The fourth-order valence-electron chi connectivity index (χ4n) is 1.92. The van der Waals surface area contributed by atoms with Gasteiger partial charge in [0, 0.05) is 11.3 Å². The van der Waals surface area contributed by atoms with Crippen molar-refractivity contribution in [2.45, 2.75) is 25.8 Å². The van der Waals surface area contributed by atoms with E-state index >= 15 is 0 Å². The number of carbonyl (C=O) groups is 1. The Kier molecular flexibility index (Phi) is 5.38. The summed E-state index contributed by atoms with van der Waals surface area (Å²) < 4.78 is 1.12. The van der Waals surface area contributed by atoms with Gasteiger partial charge in [0.15, 0.2) is 0 Å². The van der Waals surface area contributed by atoms with E-state index in [1.807, 2.05) is 23.9 Å². The van der Waals surface area contributed by atoms with E-state index in [-0.39, 0.29) is 5.91 Å². The highest BCUT2D eigenvalue weighted by atomic mass is 79.9. The third-order valence-corrected chi connectivity index (χ3v) is 5.58. The first-order valence-corrected chi connectivity index (χ1v) is 8.59. The quantitative estimate of drug-likeness (QED) is 0.910. The number of rotatable bonds is 4. The van der Waals surface area contributed by atoms with E-state index in [2.05, 4.69) is 21.2 Å². The van der Waals surface area contributed by atoms with Crippen molar-refractivity contribution < 1.29 is 4.79 Å². The lowest BCUT2D eigenvalue weighted by atomic mass is 9.98. The number of hydrogen-bond donors (Lipinski definition) is 1. The van der Waals surface area contributed by atoms with Crippen LogP contribution >= 0.6 is 39.0 Å². The van der Waals surface area contributed by atoms with Gasteiger partial charge in [0.25, 0.3) is 0 Å².